The first-order valence-electron chi connectivity index (χ1n) is 3.52. The molecule has 1 unspecified atom stereocenters. The number of aliphatic imine (C=N–C) groups is 1. The summed E-state index contributed by atoms with van der Waals surface area (Å²) in [7, 11) is 0. The number of nitrogens with zero attached hydrogens (tertiary/aromatic N) is 1. The van der Waals surface area contributed by atoms with Crippen LogP contribution in [0.5, 0.6) is 0 Å². The summed E-state index contributed by atoms with van der Waals surface area (Å²) in [6.07, 6.45) is 0. The molecule has 5 heteroatoms. The SMILES string of the molecule is CC(=O)NNC1=NCC(C)N1. The first kappa shape index (κ1) is 7.84. The van der Waals surface area contributed by atoms with Crippen LogP contribution in [-0.2, 0) is 4.79 Å². The van der Waals surface area contributed by atoms with Crippen molar-refractivity contribution in [2.45, 2.75) is 19.9 Å². The summed E-state index contributed by atoms with van der Waals surface area (Å²) in [5, 5.41) is 3.03. The van der Waals surface area contributed by atoms with E-state index in [-0.39, 0.29) is 5.91 Å². The van der Waals surface area contributed by atoms with Crippen LogP contribution >= 0.6 is 0 Å². The molecular weight excluding hydrogens is 144 g/mol. The Labute approximate surface area is 65.2 Å². The van der Waals surface area contributed by atoms with E-state index in [1.54, 1.807) is 0 Å². The molecule has 1 aliphatic heterocycles. The van der Waals surface area contributed by atoms with Crippen LogP contribution < -0.4 is 16.2 Å². The van der Waals surface area contributed by atoms with Crippen LogP contribution in [-0.4, -0.2) is 24.5 Å². The Morgan fingerprint density at radius 1 is 1.82 bits per heavy atom. The maximum atomic E-state index is 10.4. The quantitative estimate of drug-likeness (QED) is 0.393. The third-order valence-electron chi connectivity index (χ3n) is 1.26. The van der Waals surface area contributed by atoms with Crippen LogP contribution in [0.25, 0.3) is 0 Å². The van der Waals surface area contributed by atoms with Gasteiger partial charge < -0.3 is 5.32 Å². The van der Waals surface area contributed by atoms with Crippen molar-refractivity contribution in [1.82, 2.24) is 16.2 Å². The first-order valence-corrected chi connectivity index (χ1v) is 3.52. The zero-order valence-electron chi connectivity index (χ0n) is 6.64. The van der Waals surface area contributed by atoms with Gasteiger partial charge in [-0.25, -0.2) is 4.99 Å². The van der Waals surface area contributed by atoms with E-state index in [2.05, 4.69) is 21.2 Å². The topological polar surface area (TPSA) is 65.5 Å². The number of hydrazine groups is 1. The number of guanidine groups is 1. The van der Waals surface area contributed by atoms with E-state index in [1.807, 2.05) is 6.92 Å². The van der Waals surface area contributed by atoms with Crippen LogP contribution in [0.15, 0.2) is 4.99 Å². The van der Waals surface area contributed by atoms with E-state index in [0.717, 1.165) is 6.54 Å². The number of nitrogens with one attached hydrogen (secondary N) is 3. The molecule has 0 radical (unpaired) electrons. The maximum Gasteiger partial charge on any atom is 0.235 e. The van der Waals surface area contributed by atoms with Crippen molar-refractivity contribution in [3.05, 3.63) is 0 Å². The first-order chi connectivity index (χ1) is 5.18. The lowest BCUT2D eigenvalue weighted by atomic mass is 10.4. The fourth-order valence-electron chi connectivity index (χ4n) is 0.776. The minimum atomic E-state index is -0.131. The third-order valence-corrected chi connectivity index (χ3v) is 1.26. The highest BCUT2D eigenvalue weighted by molar-refractivity contribution is 5.84. The van der Waals surface area contributed by atoms with Gasteiger partial charge in [-0.1, -0.05) is 0 Å². The Bertz CT molecular complexity index is 189. The number of carbonyl (C=O) groups excluding carboxylic acids is 1. The standard InChI is InChI=1S/C6H12N4O/c1-4-3-7-6(8-4)10-9-5(2)11/h4H,3H2,1-2H3,(H,9,11)(H2,7,8,10). The number of hydrogen-bond acceptors (Lipinski definition) is 4. The Hall–Kier alpha value is -1.26. The van der Waals surface area contributed by atoms with Crippen LogP contribution in [0.4, 0.5) is 0 Å². The van der Waals surface area contributed by atoms with E-state index < -0.39 is 0 Å². The van der Waals surface area contributed by atoms with E-state index in [1.165, 1.54) is 6.92 Å². The van der Waals surface area contributed by atoms with Gasteiger partial charge in [0.25, 0.3) is 0 Å². The van der Waals surface area contributed by atoms with Crippen LogP contribution in [0.1, 0.15) is 13.8 Å². The summed E-state index contributed by atoms with van der Waals surface area (Å²) >= 11 is 0. The minimum Gasteiger partial charge on any atom is -0.351 e. The predicted molar refractivity (Wildman–Crippen MR) is 41.9 cm³/mol. The number of hydrogen-bond donors (Lipinski definition) is 3. The van der Waals surface area contributed by atoms with Gasteiger partial charge in [0.05, 0.1) is 6.54 Å². The van der Waals surface area contributed by atoms with Gasteiger partial charge in [0.2, 0.25) is 11.9 Å². The van der Waals surface area contributed by atoms with Gasteiger partial charge in [0.1, 0.15) is 0 Å². The third kappa shape index (κ3) is 2.45. The fourth-order valence-corrected chi connectivity index (χ4v) is 0.776. The predicted octanol–water partition coefficient (Wildman–Crippen LogP) is -1.03. The zero-order valence-corrected chi connectivity index (χ0v) is 6.64. The summed E-state index contributed by atoms with van der Waals surface area (Å²) in [4.78, 5) is 14.5. The lowest BCUT2D eigenvalue weighted by Gasteiger charge is -2.07. The van der Waals surface area contributed by atoms with E-state index in [4.69, 9.17) is 0 Å². The van der Waals surface area contributed by atoms with E-state index in [9.17, 15) is 4.79 Å². The fraction of sp³-hybridized carbons (Fsp3) is 0.667. The molecule has 0 aromatic heterocycles. The molecule has 0 aliphatic carbocycles. The van der Waals surface area contributed by atoms with Crippen LogP contribution in [0.3, 0.4) is 0 Å². The average molecular weight is 156 g/mol. The summed E-state index contributed by atoms with van der Waals surface area (Å²) in [6.45, 7) is 4.21. The molecule has 0 aromatic rings. The lowest BCUT2D eigenvalue weighted by molar-refractivity contribution is -0.119. The van der Waals surface area contributed by atoms with E-state index >= 15 is 0 Å². The van der Waals surface area contributed by atoms with Gasteiger partial charge in [-0.15, -0.1) is 0 Å². The molecule has 62 valence electrons. The molecule has 0 bridgehead atoms. The summed E-state index contributed by atoms with van der Waals surface area (Å²) in [5.41, 5.74) is 5.08. The van der Waals surface area contributed by atoms with Crippen molar-refractivity contribution in [3.63, 3.8) is 0 Å². The molecule has 1 rings (SSSR count). The average Bonchev–Trinajstić information content (AvgIpc) is 2.31. The van der Waals surface area contributed by atoms with Gasteiger partial charge in [0, 0.05) is 13.0 Å². The summed E-state index contributed by atoms with van der Waals surface area (Å²) < 4.78 is 0. The normalized spacial score (nSPS) is 22.0. The second-order valence-electron chi connectivity index (χ2n) is 2.54. The summed E-state index contributed by atoms with van der Waals surface area (Å²) in [6, 6.07) is 0.353. The van der Waals surface area contributed by atoms with Gasteiger partial charge >= 0.3 is 0 Å². The smallest absolute Gasteiger partial charge is 0.235 e. The molecule has 1 aliphatic rings. The second kappa shape index (κ2) is 3.23. The number of rotatable bonds is 0. The molecule has 0 fully saturated rings. The highest BCUT2D eigenvalue weighted by Gasteiger charge is 2.11. The van der Waals surface area contributed by atoms with Gasteiger partial charge in [-0.05, 0) is 6.92 Å². The van der Waals surface area contributed by atoms with Crippen molar-refractivity contribution in [2.24, 2.45) is 4.99 Å². The number of carbonyl (C=O) groups is 1. The molecule has 1 heterocycles. The Balaban J connectivity index is 2.23. The minimum absolute atomic E-state index is 0.131. The monoisotopic (exact) mass is 156 g/mol. The van der Waals surface area contributed by atoms with Crippen LogP contribution in [0, 0.1) is 0 Å². The van der Waals surface area contributed by atoms with Gasteiger partial charge in [0.15, 0.2) is 0 Å². The largest absolute Gasteiger partial charge is 0.351 e. The molecule has 3 N–H and O–H groups in total. The van der Waals surface area contributed by atoms with Crippen molar-refractivity contribution in [2.75, 3.05) is 6.54 Å². The van der Waals surface area contributed by atoms with E-state index in [0.29, 0.717) is 12.0 Å². The molecule has 0 saturated heterocycles. The second-order valence-corrected chi connectivity index (χ2v) is 2.54. The van der Waals surface area contributed by atoms with Crippen molar-refractivity contribution in [1.29, 1.82) is 0 Å². The zero-order chi connectivity index (χ0) is 8.27. The Kier molecular flexibility index (Phi) is 2.30. The van der Waals surface area contributed by atoms with Crippen molar-refractivity contribution >= 4 is 11.9 Å². The Morgan fingerprint density at radius 3 is 3.00 bits per heavy atom. The van der Waals surface area contributed by atoms with Crippen molar-refractivity contribution < 1.29 is 4.79 Å². The molecule has 0 aromatic carbocycles. The molecule has 0 spiro atoms. The highest BCUT2D eigenvalue weighted by atomic mass is 16.2. The molecule has 5 nitrogen and oxygen atoms in total. The lowest BCUT2D eigenvalue weighted by Crippen LogP contribution is -2.46. The van der Waals surface area contributed by atoms with Crippen molar-refractivity contribution in [3.8, 4) is 0 Å². The van der Waals surface area contributed by atoms with Gasteiger partial charge in [-0.2, -0.15) is 0 Å². The maximum absolute atomic E-state index is 10.4. The Morgan fingerprint density at radius 2 is 2.55 bits per heavy atom. The molecule has 0 saturated carbocycles. The molecular formula is C6H12N4O. The number of amides is 1. The molecule has 11 heavy (non-hydrogen) atoms. The highest BCUT2D eigenvalue weighted by Crippen LogP contribution is 1.90. The van der Waals surface area contributed by atoms with Crippen LogP contribution in [0.2, 0.25) is 0 Å². The molecule has 1 atom stereocenters. The summed E-state index contributed by atoms with van der Waals surface area (Å²) in [5.74, 6) is 0.502. The van der Waals surface area contributed by atoms with Gasteiger partial charge in [-0.3, -0.25) is 15.6 Å². The molecule has 1 amide bonds.